The van der Waals surface area contributed by atoms with E-state index < -0.39 is 0 Å². The number of hydrogen-bond acceptors (Lipinski definition) is 1. The summed E-state index contributed by atoms with van der Waals surface area (Å²) in [4.78, 5) is 16.7. The molecule has 2 nitrogen and oxygen atoms in total. The van der Waals surface area contributed by atoms with Gasteiger partial charge in [0, 0.05) is 21.7 Å². The number of carbonyl (C=O) groups excluding carboxylic acids is 1. The molecule has 2 aliphatic rings. The lowest BCUT2D eigenvalue weighted by atomic mass is 9.83. The van der Waals surface area contributed by atoms with E-state index >= 15 is 0 Å². The zero-order chi connectivity index (χ0) is 15.1. The lowest BCUT2D eigenvalue weighted by Gasteiger charge is -2.23. The topological polar surface area (TPSA) is 29.4 Å². The van der Waals surface area contributed by atoms with Crippen molar-refractivity contribution in [1.29, 1.82) is 0 Å². The maximum atomic E-state index is 12.3. The second-order valence-electron chi connectivity index (χ2n) is 5.29. The molecule has 1 amide bonds. The van der Waals surface area contributed by atoms with Gasteiger partial charge >= 0.3 is 0 Å². The fourth-order valence-electron chi connectivity index (χ4n) is 2.95. The number of aliphatic imine (C=N–C) groups is 1. The van der Waals surface area contributed by atoms with E-state index in [1.54, 1.807) is 12.1 Å². The molecule has 0 spiro atoms. The third kappa shape index (κ3) is 2.04. The summed E-state index contributed by atoms with van der Waals surface area (Å²) in [6.07, 6.45) is 5.03. The zero-order valence-corrected chi connectivity index (χ0v) is 12.5. The van der Waals surface area contributed by atoms with E-state index in [4.69, 9.17) is 11.6 Å². The van der Waals surface area contributed by atoms with E-state index in [2.05, 4.69) is 17.1 Å². The van der Waals surface area contributed by atoms with Crippen molar-refractivity contribution in [2.75, 3.05) is 0 Å². The van der Waals surface area contributed by atoms with Crippen LogP contribution in [0.15, 0.2) is 65.7 Å². The molecule has 0 unspecified atom stereocenters. The summed E-state index contributed by atoms with van der Waals surface area (Å²) in [6, 6.07) is 15.4. The standard InChI is InChI=1S/C19H12ClNO/c20-13-9-10-16-17(11-13)15-8-4-7-14(18(15)21-19(16)22)12-5-2-1-3-6-12/h1-3,5-11H,4H2. The summed E-state index contributed by atoms with van der Waals surface area (Å²) in [6.45, 7) is 0. The van der Waals surface area contributed by atoms with Gasteiger partial charge in [-0.15, -0.1) is 0 Å². The molecule has 1 aliphatic heterocycles. The number of amides is 1. The molecule has 4 rings (SSSR count). The average molecular weight is 306 g/mol. The molecule has 0 N–H and O–H groups in total. The summed E-state index contributed by atoms with van der Waals surface area (Å²) in [7, 11) is 0. The highest BCUT2D eigenvalue weighted by Gasteiger charge is 2.28. The van der Waals surface area contributed by atoms with Gasteiger partial charge in [-0.3, -0.25) is 4.79 Å². The van der Waals surface area contributed by atoms with Crippen LogP contribution in [0.2, 0.25) is 5.02 Å². The number of hydrogen-bond donors (Lipinski definition) is 0. The molecule has 0 radical (unpaired) electrons. The van der Waals surface area contributed by atoms with Gasteiger partial charge in [-0.1, -0.05) is 54.1 Å². The number of allylic oxidation sites excluding steroid dienone is 4. The molecule has 2 aromatic carbocycles. The van der Waals surface area contributed by atoms with Gasteiger partial charge in [0.25, 0.3) is 5.91 Å². The number of halogens is 1. The van der Waals surface area contributed by atoms with Crippen LogP contribution in [-0.2, 0) is 0 Å². The van der Waals surface area contributed by atoms with Crippen LogP contribution in [0.4, 0.5) is 0 Å². The van der Waals surface area contributed by atoms with Crippen molar-refractivity contribution in [1.82, 2.24) is 0 Å². The summed E-state index contributed by atoms with van der Waals surface area (Å²) in [5.41, 5.74) is 5.33. The van der Waals surface area contributed by atoms with Crippen LogP contribution < -0.4 is 0 Å². The fourth-order valence-corrected chi connectivity index (χ4v) is 3.12. The van der Waals surface area contributed by atoms with Crippen molar-refractivity contribution in [2.45, 2.75) is 6.42 Å². The summed E-state index contributed by atoms with van der Waals surface area (Å²) in [5.74, 6) is -0.206. The smallest absolute Gasteiger partial charge is 0.267 e. The second kappa shape index (κ2) is 5.08. The van der Waals surface area contributed by atoms with Gasteiger partial charge in [-0.25, -0.2) is 4.99 Å². The van der Waals surface area contributed by atoms with Gasteiger partial charge in [-0.2, -0.15) is 0 Å². The Bertz CT molecular complexity index is 876. The highest BCUT2D eigenvalue weighted by Crippen LogP contribution is 2.36. The first-order valence-corrected chi connectivity index (χ1v) is 7.51. The highest BCUT2D eigenvalue weighted by atomic mass is 35.5. The van der Waals surface area contributed by atoms with Gasteiger partial charge < -0.3 is 0 Å². The Morgan fingerprint density at radius 3 is 2.50 bits per heavy atom. The average Bonchev–Trinajstić information content (AvgIpc) is 2.55. The predicted octanol–water partition coefficient (Wildman–Crippen LogP) is 4.81. The first kappa shape index (κ1) is 13.2. The molecule has 2 aromatic rings. The van der Waals surface area contributed by atoms with Crippen molar-refractivity contribution in [3.63, 3.8) is 0 Å². The number of fused-ring (bicyclic) bond motifs is 3. The van der Waals surface area contributed by atoms with E-state index in [1.807, 2.05) is 36.4 Å². The molecule has 106 valence electrons. The molecule has 0 bridgehead atoms. The van der Waals surface area contributed by atoms with Crippen LogP contribution in [0.25, 0.3) is 11.1 Å². The summed E-state index contributed by atoms with van der Waals surface area (Å²) in [5, 5.41) is 0.629. The first-order chi connectivity index (χ1) is 10.7. The molecule has 0 fully saturated rings. The Kier molecular flexibility index (Phi) is 3.05. The Balaban J connectivity index is 1.89. The molecular weight excluding hydrogens is 294 g/mol. The minimum Gasteiger partial charge on any atom is -0.267 e. The normalized spacial score (nSPS) is 16.2. The Morgan fingerprint density at radius 2 is 1.68 bits per heavy atom. The van der Waals surface area contributed by atoms with E-state index in [0.29, 0.717) is 10.6 Å². The molecule has 0 atom stereocenters. The quantitative estimate of drug-likeness (QED) is 0.743. The number of benzene rings is 2. The molecule has 1 aliphatic carbocycles. The molecule has 1 heterocycles. The van der Waals surface area contributed by atoms with E-state index in [1.165, 1.54) is 0 Å². The largest absolute Gasteiger partial charge is 0.278 e. The molecular formula is C19H12ClNO. The predicted molar refractivity (Wildman–Crippen MR) is 90.2 cm³/mol. The molecule has 0 saturated heterocycles. The monoisotopic (exact) mass is 305 g/mol. The highest BCUT2D eigenvalue weighted by molar-refractivity contribution is 6.49. The maximum absolute atomic E-state index is 12.3. The SMILES string of the molecule is O=C1N=C2C(c3ccccc3)=CCC=C2c2cc(Cl)ccc21. The van der Waals surface area contributed by atoms with Gasteiger partial charge in [0.15, 0.2) is 0 Å². The summed E-state index contributed by atoms with van der Waals surface area (Å²) >= 11 is 6.12. The van der Waals surface area contributed by atoms with Crippen LogP contribution in [0.5, 0.6) is 0 Å². The van der Waals surface area contributed by atoms with Crippen LogP contribution in [-0.4, -0.2) is 11.6 Å². The van der Waals surface area contributed by atoms with Crippen molar-refractivity contribution >= 4 is 34.4 Å². The van der Waals surface area contributed by atoms with Gasteiger partial charge in [0.05, 0.1) is 5.71 Å². The van der Waals surface area contributed by atoms with Crippen LogP contribution in [0.1, 0.15) is 27.9 Å². The molecule has 3 heteroatoms. The summed E-state index contributed by atoms with van der Waals surface area (Å²) < 4.78 is 0. The second-order valence-corrected chi connectivity index (χ2v) is 5.73. The minimum absolute atomic E-state index is 0.206. The Morgan fingerprint density at radius 1 is 0.909 bits per heavy atom. The zero-order valence-electron chi connectivity index (χ0n) is 11.7. The van der Waals surface area contributed by atoms with Crippen molar-refractivity contribution < 1.29 is 4.79 Å². The first-order valence-electron chi connectivity index (χ1n) is 7.13. The maximum Gasteiger partial charge on any atom is 0.278 e. The van der Waals surface area contributed by atoms with Crippen molar-refractivity contribution in [3.8, 4) is 0 Å². The molecule has 0 aromatic heterocycles. The van der Waals surface area contributed by atoms with Crippen molar-refractivity contribution in [2.24, 2.45) is 4.99 Å². The fraction of sp³-hybridized carbons (Fsp3) is 0.0526. The molecule has 0 saturated carbocycles. The van der Waals surface area contributed by atoms with Gasteiger partial charge in [-0.05, 0) is 35.7 Å². The molecule has 22 heavy (non-hydrogen) atoms. The van der Waals surface area contributed by atoms with Gasteiger partial charge in [0.1, 0.15) is 0 Å². The Hall–Kier alpha value is -2.45. The lowest BCUT2D eigenvalue weighted by Crippen LogP contribution is -2.18. The third-order valence-electron chi connectivity index (χ3n) is 3.95. The third-order valence-corrected chi connectivity index (χ3v) is 4.19. The van der Waals surface area contributed by atoms with E-state index in [9.17, 15) is 4.79 Å². The van der Waals surface area contributed by atoms with E-state index in [0.717, 1.165) is 34.4 Å². The van der Waals surface area contributed by atoms with Crippen molar-refractivity contribution in [3.05, 3.63) is 82.4 Å². The number of carbonyl (C=O) groups is 1. The number of rotatable bonds is 1. The lowest BCUT2D eigenvalue weighted by molar-refractivity contribution is 0.100. The Labute approximate surface area is 133 Å². The minimum atomic E-state index is -0.206. The van der Waals surface area contributed by atoms with Crippen LogP contribution >= 0.6 is 11.6 Å². The van der Waals surface area contributed by atoms with Crippen LogP contribution in [0.3, 0.4) is 0 Å². The van der Waals surface area contributed by atoms with Crippen LogP contribution in [0, 0.1) is 0 Å². The van der Waals surface area contributed by atoms with E-state index in [-0.39, 0.29) is 5.91 Å². The van der Waals surface area contributed by atoms with Gasteiger partial charge in [0.2, 0.25) is 0 Å². The number of nitrogens with zero attached hydrogens (tertiary/aromatic N) is 1.